The molecule has 0 aliphatic carbocycles. The second-order valence-corrected chi connectivity index (χ2v) is 8.85. The summed E-state index contributed by atoms with van der Waals surface area (Å²) >= 11 is 1.33. The highest BCUT2D eigenvalue weighted by atomic mass is 32.2. The average Bonchev–Trinajstić information content (AvgIpc) is 2.87. The molecule has 1 aromatic heterocycles. The van der Waals surface area contributed by atoms with E-state index < -0.39 is 0 Å². The van der Waals surface area contributed by atoms with Gasteiger partial charge < -0.3 is 14.8 Å². The summed E-state index contributed by atoms with van der Waals surface area (Å²) in [7, 11) is 0. The Labute approximate surface area is 200 Å². The summed E-state index contributed by atoms with van der Waals surface area (Å²) in [6.45, 7) is 2.99. The summed E-state index contributed by atoms with van der Waals surface area (Å²) < 4.78 is 24.5. The van der Waals surface area contributed by atoms with E-state index in [1.165, 1.54) is 23.9 Å². The van der Waals surface area contributed by atoms with Crippen LogP contribution in [0.15, 0.2) is 71.8 Å². The van der Waals surface area contributed by atoms with Crippen LogP contribution in [0, 0.1) is 5.82 Å². The van der Waals surface area contributed by atoms with E-state index in [0.717, 1.165) is 27.6 Å². The maximum atomic E-state index is 13.3. The molecule has 2 heterocycles. The van der Waals surface area contributed by atoms with Crippen molar-refractivity contribution in [2.75, 3.05) is 19.0 Å². The summed E-state index contributed by atoms with van der Waals surface area (Å²) in [5, 5.41) is 14.2. The number of halogens is 1. The lowest BCUT2D eigenvalue weighted by atomic mass is 10.1. The van der Waals surface area contributed by atoms with Crippen LogP contribution in [0.5, 0.6) is 11.5 Å². The van der Waals surface area contributed by atoms with E-state index in [1.54, 1.807) is 12.1 Å². The molecule has 0 saturated carbocycles. The highest BCUT2D eigenvalue weighted by molar-refractivity contribution is 8.00. The highest BCUT2D eigenvalue weighted by Crippen LogP contribution is 2.33. The van der Waals surface area contributed by atoms with E-state index in [4.69, 9.17) is 9.47 Å². The lowest BCUT2D eigenvalue weighted by Crippen LogP contribution is -2.28. The van der Waals surface area contributed by atoms with Crippen molar-refractivity contribution < 1.29 is 18.7 Å². The number of ether oxygens (including phenoxy) is 2. The van der Waals surface area contributed by atoms with Gasteiger partial charge in [-0.15, -0.1) is 10.2 Å². The van der Waals surface area contributed by atoms with Crippen LogP contribution in [0.2, 0.25) is 0 Å². The van der Waals surface area contributed by atoms with Gasteiger partial charge in [0.25, 0.3) is 0 Å². The van der Waals surface area contributed by atoms with E-state index in [1.807, 2.05) is 49.4 Å². The van der Waals surface area contributed by atoms with Crippen molar-refractivity contribution in [2.45, 2.75) is 18.0 Å². The Morgan fingerprint density at radius 1 is 1.00 bits per heavy atom. The van der Waals surface area contributed by atoms with E-state index in [9.17, 15) is 9.18 Å². The number of fused-ring (bicyclic) bond motifs is 2. The monoisotopic (exact) mass is 475 g/mol. The molecule has 1 amide bonds. The molecule has 0 spiro atoms. The number of hydrogen-bond donors (Lipinski definition) is 1. The first-order valence-corrected chi connectivity index (χ1v) is 11.9. The molecule has 5 rings (SSSR count). The van der Waals surface area contributed by atoms with Crippen LogP contribution in [0.1, 0.15) is 18.5 Å². The lowest BCUT2D eigenvalue weighted by Gasteiger charge is -2.21. The second-order valence-electron chi connectivity index (χ2n) is 7.89. The van der Waals surface area contributed by atoms with Crippen LogP contribution < -0.4 is 14.8 Å². The lowest BCUT2D eigenvalue weighted by molar-refractivity contribution is -0.119. The van der Waals surface area contributed by atoms with Crippen molar-refractivity contribution in [3.63, 3.8) is 0 Å². The van der Waals surface area contributed by atoms with Gasteiger partial charge in [-0.05, 0) is 48.9 Å². The van der Waals surface area contributed by atoms with E-state index >= 15 is 0 Å². The van der Waals surface area contributed by atoms with Crippen LogP contribution in [0.4, 0.5) is 4.39 Å². The Kier molecular flexibility index (Phi) is 6.31. The molecule has 6 nitrogen and oxygen atoms in total. The molecule has 1 aliphatic rings. The summed E-state index contributed by atoms with van der Waals surface area (Å²) in [6.07, 6.45) is 0. The predicted molar refractivity (Wildman–Crippen MR) is 130 cm³/mol. The molecule has 0 bridgehead atoms. The number of nitrogens with one attached hydrogen (secondary N) is 1. The van der Waals surface area contributed by atoms with Crippen molar-refractivity contribution in [2.24, 2.45) is 0 Å². The summed E-state index contributed by atoms with van der Waals surface area (Å²) in [5.74, 6) is 1.20. The molecule has 1 N–H and O–H groups in total. The Balaban J connectivity index is 1.29. The topological polar surface area (TPSA) is 73.3 Å². The van der Waals surface area contributed by atoms with Gasteiger partial charge in [-0.1, -0.05) is 42.1 Å². The first-order valence-electron chi connectivity index (χ1n) is 10.9. The molecule has 3 aromatic carbocycles. The van der Waals surface area contributed by atoms with Gasteiger partial charge in [-0.3, -0.25) is 4.79 Å². The molecule has 8 heteroatoms. The molecule has 34 heavy (non-hydrogen) atoms. The van der Waals surface area contributed by atoms with Gasteiger partial charge >= 0.3 is 0 Å². The zero-order valence-electron chi connectivity index (χ0n) is 18.5. The summed E-state index contributed by atoms with van der Waals surface area (Å²) in [5.41, 5.74) is 2.40. The molecule has 172 valence electrons. The molecule has 0 saturated heterocycles. The normalized spacial score (nSPS) is 13.5. The summed E-state index contributed by atoms with van der Waals surface area (Å²) in [4.78, 5) is 12.7. The zero-order chi connectivity index (χ0) is 23.5. The Morgan fingerprint density at radius 2 is 1.74 bits per heavy atom. The van der Waals surface area contributed by atoms with Crippen LogP contribution in [-0.4, -0.2) is 35.1 Å². The molecule has 1 atom stereocenters. The van der Waals surface area contributed by atoms with Crippen LogP contribution in [0.3, 0.4) is 0 Å². The van der Waals surface area contributed by atoms with Crippen LogP contribution >= 0.6 is 11.8 Å². The second kappa shape index (κ2) is 9.69. The minimum absolute atomic E-state index is 0.110. The van der Waals surface area contributed by atoms with E-state index in [2.05, 4.69) is 15.5 Å². The minimum atomic E-state index is -0.301. The van der Waals surface area contributed by atoms with Crippen LogP contribution in [-0.2, 0) is 4.79 Å². The van der Waals surface area contributed by atoms with E-state index in [-0.39, 0.29) is 23.5 Å². The number of benzene rings is 3. The molecule has 0 unspecified atom stereocenters. The minimum Gasteiger partial charge on any atom is -0.486 e. The molecule has 1 aliphatic heterocycles. The highest BCUT2D eigenvalue weighted by Gasteiger charge is 2.17. The Bertz CT molecular complexity index is 1350. The van der Waals surface area contributed by atoms with E-state index in [0.29, 0.717) is 29.7 Å². The summed E-state index contributed by atoms with van der Waals surface area (Å²) in [6, 6.07) is 19.4. The van der Waals surface area contributed by atoms with Gasteiger partial charge in [-0.25, -0.2) is 4.39 Å². The molecule has 4 aromatic rings. The van der Waals surface area contributed by atoms with Crippen molar-refractivity contribution in [1.82, 2.24) is 15.5 Å². The molecule has 0 radical (unpaired) electrons. The number of hydrogen-bond acceptors (Lipinski definition) is 6. The van der Waals surface area contributed by atoms with Crippen molar-refractivity contribution in [3.05, 3.63) is 78.1 Å². The van der Waals surface area contributed by atoms with Gasteiger partial charge in [-0.2, -0.15) is 0 Å². The number of amides is 1. The number of carbonyl (C=O) groups is 1. The number of aromatic nitrogens is 2. The largest absolute Gasteiger partial charge is 0.486 e. The fourth-order valence-corrected chi connectivity index (χ4v) is 4.62. The maximum Gasteiger partial charge on any atom is 0.230 e. The third kappa shape index (κ3) is 4.68. The van der Waals surface area contributed by atoms with Crippen LogP contribution in [0.25, 0.3) is 22.0 Å². The molecule has 0 fully saturated rings. The fraction of sp³-hybridized carbons (Fsp3) is 0.192. The quantitative estimate of drug-likeness (QED) is 0.388. The average molecular weight is 476 g/mol. The van der Waals surface area contributed by atoms with Gasteiger partial charge in [0, 0.05) is 16.3 Å². The molecular weight excluding hydrogens is 453 g/mol. The number of thioether (sulfide) groups is 1. The Morgan fingerprint density at radius 3 is 2.53 bits per heavy atom. The van der Waals surface area contributed by atoms with Gasteiger partial charge in [0.2, 0.25) is 5.91 Å². The van der Waals surface area contributed by atoms with Gasteiger partial charge in [0.1, 0.15) is 29.8 Å². The molecular formula is C26H22FN3O3S. The first-order chi connectivity index (χ1) is 16.6. The Hall–Kier alpha value is -3.65. The SMILES string of the molecule is C[C@H](NC(=O)CSc1nnc(-c2ccc(F)cc2)c2ccccc12)c1ccc2c(c1)OCCO2. The van der Waals surface area contributed by atoms with Gasteiger partial charge in [0.15, 0.2) is 11.5 Å². The number of carbonyl (C=O) groups excluding carboxylic acids is 1. The standard InChI is InChI=1S/C26H22FN3O3S/c1-16(18-8-11-22-23(14-18)33-13-12-32-22)28-24(31)15-34-26-21-5-3-2-4-20(21)25(29-30-26)17-6-9-19(27)10-7-17/h2-11,14,16H,12-13,15H2,1H3,(H,28,31)/t16-/m0/s1. The number of rotatable bonds is 6. The van der Waals surface area contributed by atoms with Crippen molar-refractivity contribution >= 4 is 28.4 Å². The number of nitrogens with zero attached hydrogens (tertiary/aromatic N) is 2. The smallest absolute Gasteiger partial charge is 0.230 e. The third-order valence-electron chi connectivity index (χ3n) is 5.55. The predicted octanol–water partition coefficient (Wildman–Crippen LogP) is 5.18. The van der Waals surface area contributed by atoms with Gasteiger partial charge in [0.05, 0.1) is 11.8 Å². The fourth-order valence-electron chi connectivity index (χ4n) is 3.84. The maximum absolute atomic E-state index is 13.3. The van der Waals surface area contributed by atoms with Crippen molar-refractivity contribution in [1.29, 1.82) is 0 Å². The third-order valence-corrected chi connectivity index (χ3v) is 6.54. The zero-order valence-corrected chi connectivity index (χ0v) is 19.3. The van der Waals surface area contributed by atoms with Crippen molar-refractivity contribution in [3.8, 4) is 22.8 Å². The first kappa shape index (κ1) is 22.2.